The zero-order valence-electron chi connectivity index (χ0n) is 7.73. The van der Waals surface area contributed by atoms with Crippen LogP contribution in [0, 0.1) is 0 Å². The molecule has 0 saturated heterocycles. The fraction of sp³-hybridized carbons (Fsp3) is 0.444. The molecule has 76 valence electrons. The van der Waals surface area contributed by atoms with Crippen molar-refractivity contribution in [3.63, 3.8) is 0 Å². The summed E-state index contributed by atoms with van der Waals surface area (Å²) in [5.41, 5.74) is 0.644. The van der Waals surface area contributed by atoms with E-state index in [-0.39, 0.29) is 5.71 Å². The van der Waals surface area contributed by atoms with Gasteiger partial charge in [-0.25, -0.2) is 9.59 Å². The minimum absolute atomic E-state index is 0.166. The summed E-state index contributed by atoms with van der Waals surface area (Å²) in [6.07, 6.45) is 2.40. The van der Waals surface area contributed by atoms with Crippen molar-refractivity contribution >= 4 is 17.7 Å². The highest BCUT2D eigenvalue weighted by Gasteiger charge is 2.24. The molecule has 0 fully saturated rings. The summed E-state index contributed by atoms with van der Waals surface area (Å²) in [4.78, 5) is 24.9. The molecule has 0 radical (unpaired) electrons. The molecule has 1 aliphatic heterocycles. The van der Waals surface area contributed by atoms with E-state index in [1.165, 1.54) is 6.08 Å². The smallest absolute Gasteiger partial charge is 0.354 e. The quantitative estimate of drug-likeness (QED) is 0.697. The average Bonchev–Trinajstić information content (AvgIpc) is 2.16. The lowest BCUT2D eigenvalue weighted by atomic mass is 9.99. The van der Waals surface area contributed by atoms with Gasteiger partial charge in [-0.05, 0) is 12.5 Å². The number of hydrogen-bond acceptors (Lipinski definition) is 3. The maximum Gasteiger partial charge on any atom is 0.354 e. The molecule has 1 rings (SSSR count). The summed E-state index contributed by atoms with van der Waals surface area (Å²) in [5.74, 6) is -2.26. The van der Waals surface area contributed by atoms with Crippen LogP contribution in [0.25, 0.3) is 0 Å². The van der Waals surface area contributed by atoms with E-state index in [1.54, 1.807) is 0 Å². The Labute approximate surface area is 80.8 Å². The highest BCUT2D eigenvalue weighted by atomic mass is 16.4. The molecular weight excluding hydrogens is 186 g/mol. The number of carboxylic acids is 2. The van der Waals surface area contributed by atoms with Crippen molar-refractivity contribution in [2.45, 2.75) is 25.8 Å². The molecule has 0 bridgehead atoms. The molecule has 1 atom stereocenters. The van der Waals surface area contributed by atoms with Gasteiger partial charge in [0, 0.05) is 6.42 Å². The van der Waals surface area contributed by atoms with E-state index < -0.39 is 18.0 Å². The molecule has 5 nitrogen and oxygen atoms in total. The van der Waals surface area contributed by atoms with Gasteiger partial charge in [-0.1, -0.05) is 12.5 Å². The number of aliphatic imine (C=N–C) groups is 1. The van der Waals surface area contributed by atoms with Crippen molar-refractivity contribution in [3.05, 3.63) is 11.6 Å². The van der Waals surface area contributed by atoms with E-state index in [4.69, 9.17) is 10.2 Å². The molecule has 1 unspecified atom stereocenters. The molecule has 0 aromatic heterocycles. The second-order valence-electron chi connectivity index (χ2n) is 3.03. The van der Waals surface area contributed by atoms with Crippen molar-refractivity contribution in [3.8, 4) is 0 Å². The highest BCUT2D eigenvalue weighted by molar-refractivity contribution is 6.41. The lowest BCUT2D eigenvalue weighted by Crippen LogP contribution is -2.26. The lowest BCUT2D eigenvalue weighted by Gasteiger charge is -2.15. The largest absolute Gasteiger partial charge is 0.480 e. The van der Waals surface area contributed by atoms with Gasteiger partial charge in [0.25, 0.3) is 0 Å². The number of rotatable bonds is 3. The van der Waals surface area contributed by atoms with Crippen LogP contribution in [0.2, 0.25) is 0 Å². The first-order valence-corrected chi connectivity index (χ1v) is 4.28. The van der Waals surface area contributed by atoms with E-state index in [2.05, 4.69) is 4.99 Å². The molecule has 5 heteroatoms. The van der Waals surface area contributed by atoms with Gasteiger partial charge in [0.15, 0.2) is 6.04 Å². The van der Waals surface area contributed by atoms with Gasteiger partial charge < -0.3 is 10.2 Å². The zero-order chi connectivity index (χ0) is 10.7. The minimum Gasteiger partial charge on any atom is -0.480 e. The van der Waals surface area contributed by atoms with Gasteiger partial charge in [0.2, 0.25) is 0 Å². The zero-order valence-corrected chi connectivity index (χ0v) is 7.73. The van der Waals surface area contributed by atoms with Gasteiger partial charge in [-0.15, -0.1) is 0 Å². The molecule has 0 amide bonds. The number of hydrogen-bond donors (Lipinski definition) is 2. The molecule has 0 aromatic rings. The summed E-state index contributed by atoms with van der Waals surface area (Å²) in [6.45, 7) is 1.86. The maximum atomic E-state index is 10.7. The highest BCUT2D eigenvalue weighted by Crippen LogP contribution is 2.17. The summed E-state index contributed by atoms with van der Waals surface area (Å²) in [6, 6.07) is -0.943. The van der Waals surface area contributed by atoms with E-state index in [1.807, 2.05) is 6.92 Å². The third-order valence-corrected chi connectivity index (χ3v) is 2.05. The van der Waals surface area contributed by atoms with Crippen LogP contribution in [0.15, 0.2) is 16.6 Å². The molecule has 0 aromatic carbocycles. The van der Waals surface area contributed by atoms with Crippen LogP contribution >= 0.6 is 0 Å². The van der Waals surface area contributed by atoms with Crippen LogP contribution in [0.1, 0.15) is 19.8 Å². The Morgan fingerprint density at radius 2 is 2.21 bits per heavy atom. The predicted molar refractivity (Wildman–Crippen MR) is 49.5 cm³/mol. The summed E-state index contributed by atoms with van der Waals surface area (Å²) >= 11 is 0. The Hall–Kier alpha value is -1.65. The fourth-order valence-corrected chi connectivity index (χ4v) is 1.26. The molecule has 14 heavy (non-hydrogen) atoms. The minimum atomic E-state index is -1.18. The Morgan fingerprint density at radius 1 is 1.57 bits per heavy atom. The average molecular weight is 197 g/mol. The topological polar surface area (TPSA) is 87.0 Å². The third kappa shape index (κ3) is 2.18. The molecule has 0 aliphatic carbocycles. The Bertz CT molecular complexity index is 330. The van der Waals surface area contributed by atoms with Crippen molar-refractivity contribution in [1.82, 2.24) is 0 Å². The van der Waals surface area contributed by atoms with Gasteiger partial charge >= 0.3 is 11.9 Å². The second-order valence-corrected chi connectivity index (χ2v) is 3.03. The Kier molecular flexibility index (Phi) is 3.01. The first-order valence-electron chi connectivity index (χ1n) is 4.28. The van der Waals surface area contributed by atoms with E-state index in [9.17, 15) is 9.59 Å². The molecule has 1 heterocycles. The number of dihydropyridines is 1. The van der Waals surface area contributed by atoms with Gasteiger partial charge in [0.1, 0.15) is 5.71 Å². The monoisotopic (exact) mass is 197 g/mol. The fourth-order valence-electron chi connectivity index (χ4n) is 1.26. The van der Waals surface area contributed by atoms with E-state index in [0.29, 0.717) is 12.8 Å². The summed E-state index contributed by atoms with van der Waals surface area (Å²) in [7, 11) is 0. The van der Waals surface area contributed by atoms with Crippen molar-refractivity contribution in [2.75, 3.05) is 0 Å². The van der Waals surface area contributed by atoms with Gasteiger partial charge in [-0.3, -0.25) is 4.99 Å². The number of carboxylic acid groups (broad SMARTS) is 2. The first-order chi connectivity index (χ1) is 6.54. The van der Waals surface area contributed by atoms with Gasteiger partial charge in [0.05, 0.1) is 0 Å². The Morgan fingerprint density at radius 3 is 2.64 bits per heavy atom. The third-order valence-electron chi connectivity index (χ3n) is 2.05. The van der Waals surface area contributed by atoms with Crippen molar-refractivity contribution in [1.29, 1.82) is 0 Å². The Balaban J connectivity index is 2.96. The summed E-state index contributed by atoms with van der Waals surface area (Å²) < 4.78 is 0. The SMILES string of the molecule is CCC1=CC(C(=O)O)=NC(C(=O)O)C1. The van der Waals surface area contributed by atoms with Crippen LogP contribution in [0.4, 0.5) is 0 Å². The normalized spacial score (nSPS) is 21.1. The van der Waals surface area contributed by atoms with Crippen LogP contribution in [0.5, 0.6) is 0 Å². The second kappa shape index (κ2) is 4.04. The summed E-state index contributed by atoms with van der Waals surface area (Å²) in [5, 5.41) is 17.4. The van der Waals surface area contributed by atoms with Crippen LogP contribution in [-0.2, 0) is 9.59 Å². The van der Waals surface area contributed by atoms with Gasteiger partial charge in [-0.2, -0.15) is 0 Å². The number of nitrogens with zero attached hydrogens (tertiary/aromatic N) is 1. The standard InChI is InChI=1S/C9H11NO4/c1-2-5-3-6(8(11)12)10-7(4-5)9(13)14/h3,7H,2,4H2,1H3,(H,11,12)(H,13,14). The molecular formula is C9H11NO4. The number of aliphatic carboxylic acids is 2. The van der Waals surface area contributed by atoms with E-state index >= 15 is 0 Å². The van der Waals surface area contributed by atoms with Crippen LogP contribution in [-0.4, -0.2) is 33.9 Å². The molecule has 2 N–H and O–H groups in total. The first kappa shape index (κ1) is 10.4. The maximum absolute atomic E-state index is 10.7. The predicted octanol–water partition coefficient (Wildman–Crippen LogP) is 0.705. The van der Waals surface area contributed by atoms with Crippen molar-refractivity contribution < 1.29 is 19.8 Å². The van der Waals surface area contributed by atoms with Crippen molar-refractivity contribution in [2.24, 2.45) is 4.99 Å². The lowest BCUT2D eigenvalue weighted by molar-refractivity contribution is -0.138. The van der Waals surface area contributed by atoms with Crippen LogP contribution < -0.4 is 0 Å². The molecule has 0 saturated carbocycles. The number of carbonyl (C=O) groups is 2. The molecule has 0 spiro atoms. The van der Waals surface area contributed by atoms with E-state index in [0.717, 1.165) is 5.57 Å². The molecule has 1 aliphatic rings. The van der Waals surface area contributed by atoms with Crippen LogP contribution in [0.3, 0.4) is 0 Å².